The number of rotatable bonds is 8. The molecule has 0 heterocycles. The summed E-state index contributed by atoms with van der Waals surface area (Å²) in [5.41, 5.74) is 0.414. The average Bonchev–Trinajstić information content (AvgIpc) is 2.43. The van der Waals surface area contributed by atoms with Gasteiger partial charge in [0.2, 0.25) is 10.0 Å². The molecule has 0 fully saturated rings. The second kappa shape index (κ2) is 7.89. The summed E-state index contributed by atoms with van der Waals surface area (Å²) in [6.45, 7) is 4.23. The van der Waals surface area contributed by atoms with Crippen LogP contribution in [0.25, 0.3) is 0 Å². The molecule has 0 spiro atoms. The summed E-state index contributed by atoms with van der Waals surface area (Å²) in [7, 11) is -0.575. The van der Waals surface area contributed by atoms with Crippen LogP contribution in [0.4, 0.5) is 4.39 Å². The van der Waals surface area contributed by atoms with E-state index in [1.54, 1.807) is 13.1 Å². The molecule has 0 bridgehead atoms. The van der Waals surface area contributed by atoms with Crippen LogP contribution in [0.15, 0.2) is 29.7 Å². The van der Waals surface area contributed by atoms with E-state index in [4.69, 9.17) is 11.6 Å². The molecule has 21 heavy (non-hydrogen) atoms. The summed E-state index contributed by atoms with van der Waals surface area (Å²) >= 11 is 5.84. The maximum absolute atomic E-state index is 13.8. The zero-order valence-electron chi connectivity index (χ0n) is 12.2. The van der Waals surface area contributed by atoms with Crippen LogP contribution in [0.1, 0.15) is 18.4 Å². The van der Waals surface area contributed by atoms with Crippen LogP contribution >= 0.6 is 11.6 Å². The van der Waals surface area contributed by atoms with Crippen molar-refractivity contribution in [3.05, 3.63) is 41.2 Å². The molecule has 0 atom stereocenters. The Morgan fingerprint density at radius 3 is 2.71 bits per heavy atom. The first kappa shape index (κ1) is 18.1. The zero-order chi connectivity index (χ0) is 16.0. The first-order valence-electron chi connectivity index (χ1n) is 6.54. The minimum Gasteiger partial charge on any atom is -0.316 e. The van der Waals surface area contributed by atoms with Crippen molar-refractivity contribution in [1.29, 1.82) is 0 Å². The second-order valence-electron chi connectivity index (χ2n) is 4.67. The van der Waals surface area contributed by atoms with E-state index in [0.29, 0.717) is 25.1 Å². The SMILES string of the molecule is C=CCCCN(C)S(=O)(=O)c1cc(F)c(Cl)c(CNC)c1. The molecule has 7 heteroatoms. The highest BCUT2D eigenvalue weighted by Crippen LogP contribution is 2.26. The molecule has 0 aromatic heterocycles. The minimum absolute atomic E-state index is 0.0578. The number of sulfonamides is 1. The summed E-state index contributed by atoms with van der Waals surface area (Å²) < 4.78 is 39.9. The number of nitrogens with one attached hydrogen (secondary N) is 1. The van der Waals surface area contributed by atoms with Crippen LogP contribution in [0, 0.1) is 5.82 Å². The minimum atomic E-state index is -3.73. The molecule has 0 aliphatic carbocycles. The maximum atomic E-state index is 13.8. The Bertz CT molecular complexity index is 605. The van der Waals surface area contributed by atoms with Crippen molar-refractivity contribution in [2.24, 2.45) is 0 Å². The van der Waals surface area contributed by atoms with Gasteiger partial charge in [0.05, 0.1) is 9.92 Å². The lowest BCUT2D eigenvalue weighted by Crippen LogP contribution is -2.28. The molecule has 0 aliphatic heterocycles. The third-order valence-electron chi connectivity index (χ3n) is 3.03. The molecular formula is C14H20ClFN2O2S. The lowest BCUT2D eigenvalue weighted by Gasteiger charge is -2.18. The average molecular weight is 335 g/mol. The van der Waals surface area contributed by atoms with Crippen molar-refractivity contribution in [2.45, 2.75) is 24.3 Å². The smallest absolute Gasteiger partial charge is 0.242 e. The third-order valence-corrected chi connectivity index (χ3v) is 5.29. The molecule has 1 aromatic rings. The molecular weight excluding hydrogens is 315 g/mol. The van der Waals surface area contributed by atoms with Crippen LogP contribution in [0.5, 0.6) is 0 Å². The Kier molecular flexibility index (Phi) is 6.80. The molecule has 0 saturated carbocycles. The molecule has 0 amide bonds. The Hall–Kier alpha value is -0.950. The Morgan fingerprint density at radius 2 is 2.14 bits per heavy atom. The summed E-state index contributed by atoms with van der Waals surface area (Å²) in [4.78, 5) is -0.0873. The van der Waals surface area contributed by atoms with Gasteiger partial charge in [0, 0.05) is 20.1 Å². The second-order valence-corrected chi connectivity index (χ2v) is 7.09. The topological polar surface area (TPSA) is 49.4 Å². The highest BCUT2D eigenvalue weighted by molar-refractivity contribution is 7.89. The van der Waals surface area contributed by atoms with E-state index >= 15 is 0 Å². The zero-order valence-corrected chi connectivity index (χ0v) is 13.8. The summed E-state index contributed by atoms with van der Waals surface area (Å²) in [5.74, 6) is -0.734. The quantitative estimate of drug-likeness (QED) is 0.587. The molecule has 118 valence electrons. The molecule has 0 radical (unpaired) electrons. The van der Waals surface area contributed by atoms with Crippen LogP contribution in [0.2, 0.25) is 5.02 Å². The van der Waals surface area contributed by atoms with Crippen molar-refractivity contribution >= 4 is 21.6 Å². The fourth-order valence-corrected chi connectivity index (χ4v) is 3.29. The number of hydrogen-bond acceptors (Lipinski definition) is 3. The predicted molar refractivity (Wildman–Crippen MR) is 83.4 cm³/mol. The molecule has 0 saturated heterocycles. The fourth-order valence-electron chi connectivity index (χ4n) is 1.84. The maximum Gasteiger partial charge on any atom is 0.242 e. The van der Waals surface area contributed by atoms with Gasteiger partial charge in [0.25, 0.3) is 0 Å². The normalized spacial score (nSPS) is 11.9. The Balaban J connectivity index is 3.10. The highest BCUT2D eigenvalue weighted by Gasteiger charge is 2.23. The number of halogens is 2. The van der Waals surface area contributed by atoms with Gasteiger partial charge in [-0.1, -0.05) is 17.7 Å². The van der Waals surface area contributed by atoms with Gasteiger partial charge in [-0.15, -0.1) is 6.58 Å². The largest absolute Gasteiger partial charge is 0.316 e. The van der Waals surface area contributed by atoms with E-state index in [1.807, 2.05) is 0 Å². The van der Waals surface area contributed by atoms with Crippen molar-refractivity contribution in [1.82, 2.24) is 9.62 Å². The van der Waals surface area contributed by atoms with Gasteiger partial charge in [-0.05, 0) is 37.6 Å². The van der Waals surface area contributed by atoms with Gasteiger partial charge in [0.15, 0.2) is 0 Å². The fraction of sp³-hybridized carbons (Fsp3) is 0.429. The van der Waals surface area contributed by atoms with Crippen molar-refractivity contribution in [3.63, 3.8) is 0 Å². The third kappa shape index (κ3) is 4.51. The van der Waals surface area contributed by atoms with Crippen LogP contribution < -0.4 is 5.32 Å². The van der Waals surface area contributed by atoms with E-state index in [1.165, 1.54) is 17.4 Å². The van der Waals surface area contributed by atoms with Crippen molar-refractivity contribution < 1.29 is 12.8 Å². The molecule has 4 nitrogen and oxygen atoms in total. The number of benzene rings is 1. The number of hydrogen-bond donors (Lipinski definition) is 1. The summed E-state index contributed by atoms with van der Waals surface area (Å²) in [5, 5.41) is 2.77. The molecule has 1 aromatic carbocycles. The first-order valence-corrected chi connectivity index (χ1v) is 8.36. The van der Waals surface area contributed by atoms with E-state index < -0.39 is 15.8 Å². The van der Waals surface area contributed by atoms with Crippen molar-refractivity contribution in [2.75, 3.05) is 20.6 Å². The van der Waals surface area contributed by atoms with Gasteiger partial charge in [-0.2, -0.15) is 0 Å². The van der Waals surface area contributed by atoms with Gasteiger partial charge in [-0.3, -0.25) is 0 Å². The molecule has 1 rings (SSSR count). The van der Waals surface area contributed by atoms with Gasteiger partial charge in [-0.25, -0.2) is 17.1 Å². The number of allylic oxidation sites excluding steroid dienone is 1. The van der Waals surface area contributed by atoms with E-state index in [0.717, 1.165) is 12.5 Å². The van der Waals surface area contributed by atoms with Gasteiger partial charge in [0.1, 0.15) is 5.82 Å². The molecule has 0 aliphatic rings. The number of unbranched alkanes of at least 4 members (excludes halogenated alkanes) is 1. The first-order chi connectivity index (χ1) is 9.84. The molecule has 0 unspecified atom stereocenters. The van der Waals surface area contributed by atoms with Gasteiger partial charge < -0.3 is 5.32 Å². The summed E-state index contributed by atoms with van der Waals surface area (Å²) in [6.07, 6.45) is 3.12. The van der Waals surface area contributed by atoms with Crippen LogP contribution in [0.3, 0.4) is 0 Å². The monoisotopic (exact) mass is 334 g/mol. The lowest BCUT2D eigenvalue weighted by atomic mass is 10.2. The number of nitrogens with zero attached hydrogens (tertiary/aromatic N) is 1. The van der Waals surface area contributed by atoms with E-state index in [9.17, 15) is 12.8 Å². The van der Waals surface area contributed by atoms with Crippen LogP contribution in [-0.4, -0.2) is 33.4 Å². The summed E-state index contributed by atoms with van der Waals surface area (Å²) in [6, 6.07) is 2.36. The Morgan fingerprint density at radius 1 is 1.48 bits per heavy atom. The Labute approximate surface area is 130 Å². The van der Waals surface area contributed by atoms with E-state index in [-0.39, 0.29) is 9.92 Å². The van der Waals surface area contributed by atoms with E-state index in [2.05, 4.69) is 11.9 Å². The van der Waals surface area contributed by atoms with Gasteiger partial charge >= 0.3 is 0 Å². The van der Waals surface area contributed by atoms with Crippen LogP contribution in [-0.2, 0) is 16.6 Å². The lowest BCUT2D eigenvalue weighted by molar-refractivity contribution is 0.462. The highest BCUT2D eigenvalue weighted by atomic mass is 35.5. The molecule has 1 N–H and O–H groups in total. The predicted octanol–water partition coefficient (Wildman–Crippen LogP) is 2.79. The van der Waals surface area contributed by atoms with Crippen molar-refractivity contribution in [3.8, 4) is 0 Å². The standard InChI is InChI=1S/C14H20ClFN2O2S/c1-4-5-6-7-18(3)21(19,20)12-8-11(10-17-2)14(15)13(16)9-12/h4,8-9,17H,1,5-7,10H2,2-3H3.